The van der Waals surface area contributed by atoms with E-state index in [9.17, 15) is 0 Å². The van der Waals surface area contributed by atoms with Gasteiger partial charge in [0.2, 0.25) is 0 Å². The molecule has 0 saturated carbocycles. The summed E-state index contributed by atoms with van der Waals surface area (Å²) < 4.78 is 6.32. The van der Waals surface area contributed by atoms with Gasteiger partial charge < -0.3 is 4.74 Å². The molecule has 1 heteroatoms. The van der Waals surface area contributed by atoms with E-state index in [4.69, 9.17) is 4.74 Å². The third-order valence-electron chi connectivity index (χ3n) is 4.17. The Kier molecular flexibility index (Phi) is 8.65. The Morgan fingerprint density at radius 3 is 2.05 bits per heavy atom. The van der Waals surface area contributed by atoms with Crippen LogP contribution in [0.4, 0.5) is 0 Å². The monoisotopic (exact) mass is 300 g/mol. The molecule has 22 heavy (non-hydrogen) atoms. The standard InChI is InChI=1S/C21H32O/c1-5-9-10-11-12-13-18-21(7-3,8-4)22-20-16-14-19(6-2)15-17-20/h9-10,13-18H,5-8,11-12H2,1-4H3/b10-9+,18-13+. The number of ether oxygens (including phenoxy) is 1. The van der Waals surface area contributed by atoms with Gasteiger partial charge in [0, 0.05) is 0 Å². The van der Waals surface area contributed by atoms with E-state index in [1.165, 1.54) is 5.56 Å². The van der Waals surface area contributed by atoms with Gasteiger partial charge in [-0.1, -0.05) is 58.1 Å². The molecule has 0 aliphatic heterocycles. The van der Waals surface area contributed by atoms with Crippen LogP contribution < -0.4 is 4.74 Å². The van der Waals surface area contributed by atoms with Crippen molar-refractivity contribution in [2.45, 2.75) is 71.8 Å². The molecule has 0 aliphatic carbocycles. The lowest BCUT2D eigenvalue weighted by molar-refractivity contribution is 0.111. The van der Waals surface area contributed by atoms with Crippen molar-refractivity contribution in [3.8, 4) is 5.75 Å². The van der Waals surface area contributed by atoms with Gasteiger partial charge in [-0.2, -0.15) is 0 Å². The quantitative estimate of drug-likeness (QED) is 0.354. The second kappa shape index (κ2) is 10.3. The van der Waals surface area contributed by atoms with E-state index in [1.807, 2.05) is 0 Å². The molecule has 0 aromatic heterocycles. The zero-order chi connectivity index (χ0) is 16.3. The van der Waals surface area contributed by atoms with Crippen LogP contribution in [0, 0.1) is 0 Å². The highest BCUT2D eigenvalue weighted by Gasteiger charge is 2.24. The van der Waals surface area contributed by atoms with Crippen LogP contribution in [0.25, 0.3) is 0 Å². The third kappa shape index (κ3) is 6.09. The lowest BCUT2D eigenvalue weighted by Gasteiger charge is -2.30. The van der Waals surface area contributed by atoms with E-state index in [-0.39, 0.29) is 5.60 Å². The number of hydrogen-bond acceptors (Lipinski definition) is 1. The Hall–Kier alpha value is -1.50. The maximum Gasteiger partial charge on any atom is 0.127 e. The van der Waals surface area contributed by atoms with E-state index >= 15 is 0 Å². The van der Waals surface area contributed by atoms with E-state index in [2.05, 4.69) is 76.3 Å². The normalized spacial score (nSPS) is 12.4. The van der Waals surface area contributed by atoms with Crippen LogP contribution in [0.3, 0.4) is 0 Å². The lowest BCUT2D eigenvalue weighted by Crippen LogP contribution is -2.32. The van der Waals surface area contributed by atoms with Gasteiger partial charge in [-0.15, -0.1) is 0 Å². The predicted molar refractivity (Wildman–Crippen MR) is 97.6 cm³/mol. The summed E-state index contributed by atoms with van der Waals surface area (Å²) in [7, 11) is 0. The largest absolute Gasteiger partial charge is 0.483 e. The molecule has 0 N–H and O–H groups in total. The summed E-state index contributed by atoms with van der Waals surface area (Å²) in [5.41, 5.74) is 1.17. The number of aryl methyl sites for hydroxylation is 1. The van der Waals surface area contributed by atoms with Gasteiger partial charge in [-0.3, -0.25) is 0 Å². The van der Waals surface area contributed by atoms with Gasteiger partial charge in [0.05, 0.1) is 0 Å². The Morgan fingerprint density at radius 1 is 0.864 bits per heavy atom. The van der Waals surface area contributed by atoms with Crippen LogP contribution in [0.1, 0.15) is 65.4 Å². The van der Waals surface area contributed by atoms with Crippen LogP contribution in [0.2, 0.25) is 0 Å². The Balaban J connectivity index is 2.68. The van der Waals surface area contributed by atoms with Crippen molar-refractivity contribution < 1.29 is 4.74 Å². The van der Waals surface area contributed by atoms with E-state index in [0.29, 0.717) is 0 Å². The van der Waals surface area contributed by atoms with Crippen molar-refractivity contribution in [3.63, 3.8) is 0 Å². The van der Waals surface area contributed by atoms with Crippen molar-refractivity contribution in [2.75, 3.05) is 0 Å². The second-order valence-electron chi connectivity index (χ2n) is 5.73. The first-order chi connectivity index (χ1) is 10.7. The van der Waals surface area contributed by atoms with Gasteiger partial charge in [-0.05, 0) is 62.3 Å². The van der Waals surface area contributed by atoms with Crippen molar-refractivity contribution in [1.82, 2.24) is 0 Å². The fourth-order valence-electron chi connectivity index (χ4n) is 2.47. The summed E-state index contributed by atoms with van der Waals surface area (Å²) in [4.78, 5) is 0. The van der Waals surface area contributed by atoms with Gasteiger partial charge in [-0.25, -0.2) is 0 Å². The zero-order valence-corrected chi connectivity index (χ0v) is 14.8. The minimum atomic E-state index is -0.178. The molecule has 0 amide bonds. The van der Waals surface area contributed by atoms with Crippen LogP contribution in [-0.2, 0) is 6.42 Å². The Labute approximate surface area is 137 Å². The first-order valence-electron chi connectivity index (χ1n) is 8.80. The second-order valence-corrected chi connectivity index (χ2v) is 5.73. The number of benzene rings is 1. The first kappa shape index (κ1) is 18.5. The highest BCUT2D eigenvalue weighted by Crippen LogP contribution is 2.26. The molecule has 0 fully saturated rings. The summed E-state index contributed by atoms with van der Waals surface area (Å²) in [6.45, 7) is 8.74. The van der Waals surface area contributed by atoms with Crippen molar-refractivity contribution in [1.29, 1.82) is 0 Å². The minimum absolute atomic E-state index is 0.178. The molecule has 122 valence electrons. The summed E-state index contributed by atoms with van der Waals surface area (Å²) in [6, 6.07) is 8.50. The molecule has 0 aliphatic rings. The minimum Gasteiger partial charge on any atom is -0.483 e. The Morgan fingerprint density at radius 2 is 1.50 bits per heavy atom. The fourth-order valence-corrected chi connectivity index (χ4v) is 2.47. The lowest BCUT2D eigenvalue weighted by atomic mass is 9.95. The third-order valence-corrected chi connectivity index (χ3v) is 4.17. The SMILES string of the molecule is CC/C=C/CC/C=C/C(CC)(CC)Oc1ccc(CC)cc1. The first-order valence-corrected chi connectivity index (χ1v) is 8.80. The molecule has 0 radical (unpaired) electrons. The summed E-state index contributed by atoms with van der Waals surface area (Å²) in [5.74, 6) is 0.969. The molecule has 1 nitrogen and oxygen atoms in total. The Bertz CT molecular complexity index is 449. The van der Waals surface area contributed by atoms with Gasteiger partial charge in [0.25, 0.3) is 0 Å². The molecule has 0 bridgehead atoms. The van der Waals surface area contributed by atoms with Crippen LogP contribution in [0.5, 0.6) is 5.75 Å². The van der Waals surface area contributed by atoms with Gasteiger partial charge >= 0.3 is 0 Å². The smallest absolute Gasteiger partial charge is 0.127 e. The molecular formula is C21H32O. The topological polar surface area (TPSA) is 9.23 Å². The summed E-state index contributed by atoms with van der Waals surface area (Å²) in [5, 5.41) is 0. The highest BCUT2D eigenvalue weighted by atomic mass is 16.5. The maximum atomic E-state index is 6.32. The molecule has 1 aromatic rings. The van der Waals surface area contributed by atoms with Crippen molar-refractivity contribution in [3.05, 3.63) is 54.1 Å². The highest BCUT2D eigenvalue weighted by molar-refractivity contribution is 5.28. The van der Waals surface area contributed by atoms with E-state index < -0.39 is 0 Å². The van der Waals surface area contributed by atoms with Crippen LogP contribution >= 0.6 is 0 Å². The molecular weight excluding hydrogens is 268 g/mol. The number of hydrogen-bond donors (Lipinski definition) is 0. The zero-order valence-electron chi connectivity index (χ0n) is 14.8. The number of allylic oxidation sites excluding steroid dienone is 3. The predicted octanol–water partition coefficient (Wildman–Crippen LogP) is 6.49. The molecule has 0 atom stereocenters. The molecule has 1 rings (SSSR count). The van der Waals surface area contributed by atoms with Gasteiger partial charge in [0.1, 0.15) is 11.4 Å². The van der Waals surface area contributed by atoms with E-state index in [1.54, 1.807) is 0 Å². The fraction of sp³-hybridized carbons (Fsp3) is 0.524. The van der Waals surface area contributed by atoms with Gasteiger partial charge in [0.15, 0.2) is 0 Å². The molecule has 0 saturated heterocycles. The average Bonchev–Trinajstić information content (AvgIpc) is 2.57. The maximum absolute atomic E-state index is 6.32. The summed E-state index contributed by atoms with van der Waals surface area (Å²) in [6.07, 6.45) is 15.4. The average molecular weight is 300 g/mol. The van der Waals surface area contributed by atoms with Crippen LogP contribution in [-0.4, -0.2) is 5.60 Å². The molecule has 0 heterocycles. The molecule has 1 aromatic carbocycles. The van der Waals surface area contributed by atoms with E-state index in [0.717, 1.165) is 44.3 Å². The number of rotatable bonds is 10. The molecule has 0 spiro atoms. The van der Waals surface area contributed by atoms with Crippen molar-refractivity contribution in [2.24, 2.45) is 0 Å². The summed E-state index contributed by atoms with van der Waals surface area (Å²) >= 11 is 0. The number of unbranched alkanes of at least 4 members (excludes halogenated alkanes) is 1. The molecule has 0 unspecified atom stereocenters. The van der Waals surface area contributed by atoms with Crippen molar-refractivity contribution >= 4 is 0 Å². The van der Waals surface area contributed by atoms with Crippen LogP contribution in [0.15, 0.2) is 48.6 Å².